The summed E-state index contributed by atoms with van der Waals surface area (Å²) in [7, 11) is 0. The first-order valence-corrected chi connectivity index (χ1v) is 6.01. The van der Waals surface area contributed by atoms with Crippen LogP contribution >= 0.6 is 0 Å². The van der Waals surface area contributed by atoms with Gasteiger partial charge in [-0.15, -0.1) is 0 Å². The Morgan fingerprint density at radius 1 is 1.53 bits per heavy atom. The van der Waals surface area contributed by atoms with Crippen LogP contribution in [-0.4, -0.2) is 41.0 Å². The van der Waals surface area contributed by atoms with Crippen LogP contribution < -0.4 is 0 Å². The molecule has 3 heteroatoms. The molecule has 0 radical (unpaired) electrons. The van der Waals surface area contributed by atoms with Gasteiger partial charge in [-0.1, -0.05) is 6.42 Å². The topological polar surface area (TPSA) is 40.5 Å². The van der Waals surface area contributed by atoms with Gasteiger partial charge in [-0.25, -0.2) is 0 Å². The van der Waals surface area contributed by atoms with Crippen molar-refractivity contribution in [1.29, 1.82) is 0 Å². The normalized spacial score (nSPS) is 25.1. The molecule has 0 spiro atoms. The van der Waals surface area contributed by atoms with Crippen LogP contribution in [0.3, 0.4) is 0 Å². The van der Waals surface area contributed by atoms with E-state index in [-0.39, 0.29) is 12.4 Å². The Morgan fingerprint density at radius 3 is 2.87 bits per heavy atom. The summed E-state index contributed by atoms with van der Waals surface area (Å²) in [5.74, 6) is 0.260. The molecule has 0 saturated carbocycles. The molecular formula is C12H23NO2. The van der Waals surface area contributed by atoms with Crippen molar-refractivity contribution in [3.8, 4) is 0 Å². The third kappa shape index (κ3) is 3.92. The van der Waals surface area contributed by atoms with Gasteiger partial charge >= 0.3 is 0 Å². The molecule has 1 aliphatic heterocycles. The summed E-state index contributed by atoms with van der Waals surface area (Å²) < 4.78 is 0. The second-order valence-corrected chi connectivity index (χ2v) is 4.65. The fourth-order valence-electron chi connectivity index (χ4n) is 2.60. The van der Waals surface area contributed by atoms with Crippen molar-refractivity contribution in [1.82, 2.24) is 4.90 Å². The van der Waals surface area contributed by atoms with E-state index < -0.39 is 0 Å². The highest BCUT2D eigenvalue weighted by molar-refractivity contribution is 5.76. The minimum atomic E-state index is 0.258. The smallest absolute Gasteiger partial charge is 0.131 e. The monoisotopic (exact) mass is 213 g/mol. The molecule has 0 aromatic heterocycles. The van der Waals surface area contributed by atoms with E-state index in [9.17, 15) is 4.79 Å². The van der Waals surface area contributed by atoms with Crippen molar-refractivity contribution in [3.05, 3.63) is 0 Å². The number of nitrogens with zero attached hydrogens (tertiary/aromatic N) is 1. The summed E-state index contributed by atoms with van der Waals surface area (Å²) in [6.45, 7) is 5.12. The number of carbonyl (C=O) groups excluding carboxylic acids is 1. The van der Waals surface area contributed by atoms with Crippen LogP contribution in [0, 0.1) is 0 Å². The van der Waals surface area contributed by atoms with E-state index in [1.54, 1.807) is 6.92 Å². The summed E-state index contributed by atoms with van der Waals surface area (Å²) in [6.07, 6.45) is 5.14. The van der Waals surface area contributed by atoms with Crippen molar-refractivity contribution in [2.45, 2.75) is 58.0 Å². The van der Waals surface area contributed by atoms with Gasteiger partial charge < -0.3 is 5.11 Å². The fourth-order valence-corrected chi connectivity index (χ4v) is 2.60. The molecule has 0 aromatic rings. The summed E-state index contributed by atoms with van der Waals surface area (Å²) in [6, 6.07) is 0.817. The Labute approximate surface area is 92.5 Å². The van der Waals surface area contributed by atoms with Crippen molar-refractivity contribution < 1.29 is 9.90 Å². The number of carbonyl (C=O) groups is 1. The lowest BCUT2D eigenvalue weighted by molar-refractivity contribution is -0.118. The fraction of sp³-hybridized carbons (Fsp3) is 0.917. The van der Waals surface area contributed by atoms with Gasteiger partial charge in [-0.3, -0.25) is 9.69 Å². The second kappa shape index (κ2) is 6.23. The predicted molar refractivity (Wildman–Crippen MR) is 60.8 cm³/mol. The first kappa shape index (κ1) is 12.7. The minimum Gasteiger partial charge on any atom is -0.396 e. The number of aliphatic hydroxyl groups excluding tert-OH is 1. The maximum Gasteiger partial charge on any atom is 0.131 e. The van der Waals surface area contributed by atoms with Gasteiger partial charge in [-0.2, -0.15) is 0 Å². The quantitative estimate of drug-likeness (QED) is 0.754. The van der Waals surface area contributed by atoms with Crippen molar-refractivity contribution >= 4 is 5.78 Å². The lowest BCUT2D eigenvalue weighted by atomic mass is 9.96. The van der Waals surface area contributed by atoms with Gasteiger partial charge in [0.2, 0.25) is 0 Å². The van der Waals surface area contributed by atoms with Crippen LogP contribution in [0.5, 0.6) is 0 Å². The maximum atomic E-state index is 11.1. The lowest BCUT2D eigenvalue weighted by Crippen LogP contribution is -2.46. The Bertz CT molecular complexity index is 204. The first-order chi connectivity index (χ1) is 7.15. The SMILES string of the molecule is CC(=O)CC(C)N1CCCCC1CCO. The number of hydrogen-bond donors (Lipinski definition) is 1. The number of likely N-dealkylation sites (tertiary alicyclic amines) is 1. The standard InChI is InChI=1S/C12H23NO2/c1-10(9-11(2)15)13-7-4-3-5-12(13)6-8-14/h10,12,14H,3-9H2,1-2H3. The van der Waals surface area contributed by atoms with Gasteiger partial charge in [0.1, 0.15) is 5.78 Å². The van der Waals surface area contributed by atoms with Crippen LogP contribution in [0.25, 0.3) is 0 Å². The average molecular weight is 213 g/mol. The molecule has 0 aromatic carbocycles. The number of aliphatic hydroxyl groups is 1. The average Bonchev–Trinajstić information content (AvgIpc) is 2.18. The van der Waals surface area contributed by atoms with E-state index in [4.69, 9.17) is 5.11 Å². The molecule has 2 atom stereocenters. The number of hydrogen-bond acceptors (Lipinski definition) is 3. The Morgan fingerprint density at radius 2 is 2.27 bits per heavy atom. The Kier molecular flexibility index (Phi) is 5.26. The highest BCUT2D eigenvalue weighted by Crippen LogP contribution is 2.23. The van der Waals surface area contributed by atoms with Gasteiger partial charge in [0.05, 0.1) is 0 Å². The Hall–Kier alpha value is -0.410. The molecule has 88 valence electrons. The molecule has 0 bridgehead atoms. The van der Waals surface area contributed by atoms with Crippen molar-refractivity contribution in [2.75, 3.05) is 13.2 Å². The molecule has 1 N–H and O–H groups in total. The van der Waals surface area contributed by atoms with Crippen LogP contribution in [0.15, 0.2) is 0 Å². The van der Waals surface area contributed by atoms with E-state index in [1.165, 1.54) is 19.3 Å². The molecule has 1 fully saturated rings. The van der Waals surface area contributed by atoms with Gasteiger partial charge in [0.25, 0.3) is 0 Å². The van der Waals surface area contributed by atoms with E-state index >= 15 is 0 Å². The third-order valence-corrected chi connectivity index (χ3v) is 3.28. The molecule has 0 aliphatic carbocycles. The molecule has 1 heterocycles. The highest BCUT2D eigenvalue weighted by atomic mass is 16.3. The molecule has 1 rings (SSSR count). The summed E-state index contributed by atoms with van der Waals surface area (Å²) >= 11 is 0. The molecule has 15 heavy (non-hydrogen) atoms. The first-order valence-electron chi connectivity index (χ1n) is 6.01. The maximum absolute atomic E-state index is 11.1. The molecule has 0 amide bonds. The van der Waals surface area contributed by atoms with Crippen LogP contribution in [0.2, 0.25) is 0 Å². The molecule has 1 saturated heterocycles. The molecular weight excluding hydrogens is 190 g/mol. The van der Waals surface area contributed by atoms with E-state index in [0.717, 1.165) is 13.0 Å². The zero-order chi connectivity index (χ0) is 11.3. The summed E-state index contributed by atoms with van der Waals surface area (Å²) in [4.78, 5) is 13.5. The highest BCUT2D eigenvalue weighted by Gasteiger charge is 2.26. The summed E-state index contributed by atoms with van der Waals surface area (Å²) in [5.41, 5.74) is 0. The second-order valence-electron chi connectivity index (χ2n) is 4.65. The Balaban J connectivity index is 2.50. The molecule has 1 aliphatic rings. The minimum absolute atomic E-state index is 0.258. The zero-order valence-electron chi connectivity index (χ0n) is 9.91. The largest absolute Gasteiger partial charge is 0.396 e. The summed E-state index contributed by atoms with van der Waals surface area (Å²) in [5, 5.41) is 9.01. The zero-order valence-corrected chi connectivity index (χ0v) is 9.91. The van der Waals surface area contributed by atoms with E-state index in [0.29, 0.717) is 18.5 Å². The van der Waals surface area contributed by atoms with Crippen LogP contribution in [0.4, 0.5) is 0 Å². The van der Waals surface area contributed by atoms with E-state index in [2.05, 4.69) is 11.8 Å². The van der Waals surface area contributed by atoms with Crippen molar-refractivity contribution in [2.24, 2.45) is 0 Å². The van der Waals surface area contributed by atoms with Gasteiger partial charge in [-0.05, 0) is 39.7 Å². The number of ketones is 1. The lowest BCUT2D eigenvalue weighted by Gasteiger charge is -2.39. The predicted octanol–water partition coefficient (Wildman–Crippen LogP) is 1.59. The number of piperidine rings is 1. The molecule has 2 unspecified atom stereocenters. The van der Waals surface area contributed by atoms with Gasteiger partial charge in [0, 0.05) is 25.1 Å². The third-order valence-electron chi connectivity index (χ3n) is 3.28. The number of Topliss-reactive ketones (excluding diaryl/α,β-unsaturated/α-hetero) is 1. The van der Waals surface area contributed by atoms with Crippen molar-refractivity contribution in [3.63, 3.8) is 0 Å². The van der Waals surface area contributed by atoms with Crippen LogP contribution in [0.1, 0.15) is 46.0 Å². The number of rotatable bonds is 5. The van der Waals surface area contributed by atoms with E-state index in [1.807, 2.05) is 0 Å². The van der Waals surface area contributed by atoms with Crippen LogP contribution in [-0.2, 0) is 4.79 Å². The molecule has 3 nitrogen and oxygen atoms in total. The van der Waals surface area contributed by atoms with Gasteiger partial charge in [0.15, 0.2) is 0 Å².